The van der Waals surface area contributed by atoms with E-state index in [0.717, 1.165) is 6.21 Å². The van der Waals surface area contributed by atoms with Crippen molar-refractivity contribution in [3.05, 3.63) is 0 Å². The molecule has 0 heterocycles. The highest BCUT2D eigenvalue weighted by Crippen LogP contribution is 1.63. The Bertz CT molecular complexity index is 39.9. The van der Waals surface area contributed by atoms with Crippen molar-refractivity contribution in [2.24, 2.45) is 0 Å². The van der Waals surface area contributed by atoms with Gasteiger partial charge in [0.05, 0.1) is 6.10 Å². The lowest BCUT2D eigenvalue weighted by atomic mass is 10.5. The smallest absolute Gasteiger partial charge is 0.0856 e. The van der Waals surface area contributed by atoms with Gasteiger partial charge in [-0.05, 0) is 6.92 Å². The zero-order valence-corrected chi connectivity index (χ0v) is 5.55. The van der Waals surface area contributed by atoms with Crippen molar-refractivity contribution in [3.63, 3.8) is 0 Å². The average molecular weight is 146 g/mol. The minimum Gasteiger partial charge on any atom is -0.388 e. The number of rotatable bonds is 1. The molecule has 0 spiro atoms. The zero-order valence-electron chi connectivity index (χ0n) is 3.92. The first-order valence-corrected chi connectivity index (χ1v) is 1.46. The maximum atomic E-state index is 8.12. The first-order chi connectivity index (χ1) is 2.27. The summed E-state index contributed by atoms with van der Waals surface area (Å²) in [5.41, 5.74) is 0. The molecule has 0 aliphatic rings. The van der Waals surface area contributed by atoms with E-state index >= 15 is 0 Å². The Kier molecular flexibility index (Phi) is 21.3. The predicted octanol–water partition coefficient (Wildman–Crippen LogP) is 0.860. The fourth-order valence-corrected chi connectivity index (χ4v) is 0. The van der Waals surface area contributed by atoms with Crippen LogP contribution >= 0.6 is 24.8 Å². The third-order valence-electron chi connectivity index (χ3n) is 0.241. The molecule has 0 aromatic carbocycles. The van der Waals surface area contributed by atoms with Crippen LogP contribution in [0, 0.1) is 5.41 Å². The van der Waals surface area contributed by atoms with E-state index in [0.29, 0.717) is 0 Å². The number of hydrogen-bond acceptors (Lipinski definition) is 2. The molecule has 0 bridgehead atoms. The van der Waals surface area contributed by atoms with E-state index in [1.165, 1.54) is 6.92 Å². The second kappa shape index (κ2) is 9.51. The first-order valence-electron chi connectivity index (χ1n) is 1.46. The summed E-state index contributed by atoms with van der Waals surface area (Å²) in [5, 5.41) is 14.4. The van der Waals surface area contributed by atoms with E-state index < -0.39 is 6.10 Å². The van der Waals surface area contributed by atoms with Crippen molar-refractivity contribution in [3.8, 4) is 0 Å². The minimum atomic E-state index is -0.574. The summed E-state index contributed by atoms with van der Waals surface area (Å²) in [7, 11) is 0. The number of hydrogen-bond donors (Lipinski definition) is 2. The van der Waals surface area contributed by atoms with Gasteiger partial charge in [-0.25, -0.2) is 0 Å². The van der Waals surface area contributed by atoms with Crippen LogP contribution in [0.2, 0.25) is 0 Å². The van der Waals surface area contributed by atoms with Gasteiger partial charge >= 0.3 is 0 Å². The Morgan fingerprint density at radius 2 is 1.71 bits per heavy atom. The van der Waals surface area contributed by atoms with Crippen molar-refractivity contribution in [1.29, 1.82) is 5.41 Å². The first kappa shape index (κ1) is 15.7. The summed E-state index contributed by atoms with van der Waals surface area (Å²) in [6.45, 7) is 1.53. The summed E-state index contributed by atoms with van der Waals surface area (Å²) in [6.07, 6.45) is 0.398. The molecule has 0 aliphatic heterocycles. The summed E-state index contributed by atoms with van der Waals surface area (Å²) < 4.78 is 0. The standard InChI is InChI=1S/C3H7NO.2ClH/c1-3(5)2-4;;/h2-5H,1H3;2*1H. The van der Waals surface area contributed by atoms with E-state index in [1.807, 2.05) is 0 Å². The Balaban J connectivity index is -0.0000000800. The highest BCUT2D eigenvalue weighted by Gasteiger charge is 1.77. The van der Waals surface area contributed by atoms with E-state index in [1.54, 1.807) is 0 Å². The maximum absolute atomic E-state index is 8.12. The van der Waals surface area contributed by atoms with Gasteiger partial charge in [-0.1, -0.05) is 0 Å². The maximum Gasteiger partial charge on any atom is 0.0856 e. The molecule has 0 fully saturated rings. The van der Waals surface area contributed by atoms with Crippen LogP contribution in [-0.2, 0) is 0 Å². The molecule has 0 saturated carbocycles. The lowest BCUT2D eigenvalue weighted by molar-refractivity contribution is 0.266. The van der Waals surface area contributed by atoms with Crippen molar-refractivity contribution in [2.45, 2.75) is 13.0 Å². The molecule has 0 amide bonds. The summed E-state index contributed by atoms with van der Waals surface area (Å²) in [6, 6.07) is 0. The third-order valence-corrected chi connectivity index (χ3v) is 0.241. The number of nitrogens with one attached hydrogen (secondary N) is 1. The van der Waals surface area contributed by atoms with Crippen LogP contribution in [0.3, 0.4) is 0 Å². The highest BCUT2D eigenvalue weighted by molar-refractivity contribution is 5.85. The summed E-state index contributed by atoms with van der Waals surface area (Å²) in [5.74, 6) is 0. The number of aliphatic hydroxyl groups is 1. The van der Waals surface area contributed by atoms with Crippen LogP contribution in [0.4, 0.5) is 0 Å². The molecule has 0 rings (SSSR count). The van der Waals surface area contributed by atoms with Gasteiger partial charge in [0.25, 0.3) is 0 Å². The largest absolute Gasteiger partial charge is 0.388 e. The van der Waals surface area contributed by atoms with Gasteiger partial charge in [0, 0.05) is 6.21 Å². The number of aliphatic hydroxyl groups excluding tert-OH is 1. The Morgan fingerprint density at radius 3 is 1.71 bits per heavy atom. The monoisotopic (exact) mass is 145 g/mol. The fourth-order valence-electron chi connectivity index (χ4n) is 0. The quantitative estimate of drug-likeness (QED) is 0.529. The molecular weight excluding hydrogens is 137 g/mol. The van der Waals surface area contributed by atoms with Crippen molar-refractivity contribution >= 4 is 31.0 Å². The van der Waals surface area contributed by atoms with Crippen LogP contribution in [-0.4, -0.2) is 17.4 Å². The van der Waals surface area contributed by atoms with Crippen molar-refractivity contribution in [1.82, 2.24) is 0 Å². The Hall–Kier alpha value is 0.210. The van der Waals surface area contributed by atoms with Gasteiger partial charge in [-0.3, -0.25) is 0 Å². The molecule has 0 aromatic heterocycles. The van der Waals surface area contributed by atoms with E-state index in [-0.39, 0.29) is 24.8 Å². The van der Waals surface area contributed by atoms with Crippen LogP contribution in [0.5, 0.6) is 0 Å². The average Bonchev–Trinajstić information content (AvgIpc) is 1.38. The lowest BCUT2D eigenvalue weighted by Crippen LogP contribution is -1.97. The summed E-state index contributed by atoms with van der Waals surface area (Å²) in [4.78, 5) is 0. The van der Waals surface area contributed by atoms with Gasteiger partial charge in [-0.2, -0.15) is 0 Å². The van der Waals surface area contributed by atoms with Crippen LogP contribution in [0.1, 0.15) is 6.92 Å². The van der Waals surface area contributed by atoms with Crippen LogP contribution in [0.25, 0.3) is 0 Å². The molecule has 1 atom stereocenters. The Labute approximate surface area is 55.3 Å². The Morgan fingerprint density at radius 1 is 1.57 bits per heavy atom. The molecule has 46 valence electrons. The van der Waals surface area contributed by atoms with Crippen molar-refractivity contribution in [2.75, 3.05) is 0 Å². The molecule has 2 nitrogen and oxygen atoms in total. The third kappa shape index (κ3) is 22.5. The van der Waals surface area contributed by atoms with Gasteiger partial charge < -0.3 is 10.5 Å². The fraction of sp³-hybridized carbons (Fsp3) is 0.667. The summed E-state index contributed by atoms with van der Waals surface area (Å²) >= 11 is 0. The van der Waals surface area contributed by atoms with Crippen LogP contribution < -0.4 is 0 Å². The zero-order chi connectivity index (χ0) is 4.28. The topological polar surface area (TPSA) is 44.1 Å². The van der Waals surface area contributed by atoms with Crippen molar-refractivity contribution < 1.29 is 5.11 Å². The molecule has 1 unspecified atom stereocenters. The molecule has 0 aliphatic carbocycles. The van der Waals surface area contributed by atoms with E-state index in [9.17, 15) is 0 Å². The number of halogens is 2. The second-order valence-corrected chi connectivity index (χ2v) is 0.907. The van der Waals surface area contributed by atoms with Gasteiger partial charge in [0.15, 0.2) is 0 Å². The molecule has 0 aromatic rings. The molecule has 0 saturated heterocycles. The molecule has 0 radical (unpaired) electrons. The molecule has 7 heavy (non-hydrogen) atoms. The SMILES string of the molecule is CC(O)C=N.Cl.Cl. The van der Waals surface area contributed by atoms with Crippen LogP contribution in [0.15, 0.2) is 0 Å². The van der Waals surface area contributed by atoms with Gasteiger partial charge in [0.2, 0.25) is 0 Å². The second-order valence-electron chi connectivity index (χ2n) is 0.907. The van der Waals surface area contributed by atoms with E-state index in [4.69, 9.17) is 10.5 Å². The molecule has 2 N–H and O–H groups in total. The van der Waals surface area contributed by atoms with Gasteiger partial charge in [-0.15, -0.1) is 24.8 Å². The van der Waals surface area contributed by atoms with E-state index in [2.05, 4.69) is 0 Å². The molecule has 4 heteroatoms. The van der Waals surface area contributed by atoms with Gasteiger partial charge in [0.1, 0.15) is 0 Å². The normalized spacial score (nSPS) is 10.0. The highest BCUT2D eigenvalue weighted by atomic mass is 35.5. The molecular formula is C3H9Cl2NO. The minimum absolute atomic E-state index is 0. The lowest BCUT2D eigenvalue weighted by Gasteiger charge is -1.82. The predicted molar refractivity (Wildman–Crippen MR) is 35.0 cm³/mol.